The second-order valence-corrected chi connectivity index (χ2v) is 5.39. The van der Waals surface area contributed by atoms with Gasteiger partial charge in [-0.3, -0.25) is 19.1 Å². The second-order valence-electron chi connectivity index (χ2n) is 5.39. The zero-order valence-electron chi connectivity index (χ0n) is 13.1. The van der Waals surface area contributed by atoms with Gasteiger partial charge >= 0.3 is 0 Å². The molecule has 0 unspecified atom stereocenters. The number of amides is 1. The molecule has 0 aliphatic rings. The third-order valence-electron chi connectivity index (χ3n) is 3.50. The molecule has 1 N–H and O–H groups in total. The van der Waals surface area contributed by atoms with Crippen molar-refractivity contribution in [3.8, 4) is 11.3 Å². The van der Waals surface area contributed by atoms with E-state index in [0.717, 1.165) is 11.1 Å². The van der Waals surface area contributed by atoms with E-state index in [1.807, 2.05) is 31.2 Å². The molecule has 0 saturated heterocycles. The van der Waals surface area contributed by atoms with Gasteiger partial charge in [-0.15, -0.1) is 0 Å². The number of aryl methyl sites for hydroxylation is 1. The Hall–Kier alpha value is -3.28. The number of aromatic nitrogens is 3. The molecule has 0 aliphatic carbocycles. The third-order valence-corrected chi connectivity index (χ3v) is 3.50. The number of nitrogens with zero attached hydrogens (tertiary/aromatic N) is 3. The SMILES string of the molecule is Cc1ccc(-c2cc(=O)n(CC(=O)Nc3ccncc3)cn2)cc1. The molecule has 0 aliphatic heterocycles. The van der Waals surface area contributed by atoms with Crippen molar-refractivity contribution in [1.29, 1.82) is 0 Å². The monoisotopic (exact) mass is 320 g/mol. The predicted octanol–water partition coefficient (Wildman–Crippen LogP) is 2.25. The molecule has 0 radical (unpaired) electrons. The first kappa shape index (κ1) is 15.6. The maximum Gasteiger partial charge on any atom is 0.254 e. The minimum Gasteiger partial charge on any atom is -0.324 e. The topological polar surface area (TPSA) is 76.9 Å². The average Bonchev–Trinajstić information content (AvgIpc) is 2.58. The van der Waals surface area contributed by atoms with Crippen molar-refractivity contribution in [3.05, 3.63) is 77.1 Å². The molecule has 2 aromatic heterocycles. The summed E-state index contributed by atoms with van der Waals surface area (Å²) in [6.07, 6.45) is 4.56. The van der Waals surface area contributed by atoms with Crippen molar-refractivity contribution in [2.45, 2.75) is 13.5 Å². The van der Waals surface area contributed by atoms with Gasteiger partial charge in [-0.1, -0.05) is 29.8 Å². The minimum atomic E-state index is -0.298. The third kappa shape index (κ3) is 3.73. The summed E-state index contributed by atoms with van der Waals surface area (Å²) in [6.45, 7) is 1.90. The van der Waals surface area contributed by atoms with Gasteiger partial charge < -0.3 is 5.32 Å². The average molecular weight is 320 g/mol. The first-order valence-electron chi connectivity index (χ1n) is 7.45. The summed E-state index contributed by atoms with van der Waals surface area (Å²) in [4.78, 5) is 32.4. The number of hydrogen-bond acceptors (Lipinski definition) is 4. The predicted molar refractivity (Wildman–Crippen MR) is 91.5 cm³/mol. The quantitative estimate of drug-likeness (QED) is 0.800. The first-order chi connectivity index (χ1) is 11.6. The molecule has 120 valence electrons. The van der Waals surface area contributed by atoms with Crippen LogP contribution in [0.5, 0.6) is 0 Å². The van der Waals surface area contributed by atoms with Crippen LogP contribution in [0.4, 0.5) is 5.69 Å². The summed E-state index contributed by atoms with van der Waals surface area (Å²) < 4.78 is 1.27. The number of rotatable bonds is 4. The molecule has 0 bridgehead atoms. The van der Waals surface area contributed by atoms with E-state index in [2.05, 4.69) is 15.3 Å². The first-order valence-corrected chi connectivity index (χ1v) is 7.45. The van der Waals surface area contributed by atoms with Gasteiger partial charge in [-0.05, 0) is 19.1 Å². The Morgan fingerprint density at radius 2 is 1.83 bits per heavy atom. The standard InChI is InChI=1S/C18H16N4O2/c1-13-2-4-14(5-3-13)16-10-18(24)22(12-20-16)11-17(23)21-15-6-8-19-9-7-15/h2-10,12H,11H2,1H3,(H,19,21,23). The number of hydrogen-bond donors (Lipinski definition) is 1. The van der Waals surface area contributed by atoms with Gasteiger partial charge in [-0.25, -0.2) is 4.98 Å². The number of carbonyl (C=O) groups is 1. The Balaban J connectivity index is 1.74. The fourth-order valence-corrected chi connectivity index (χ4v) is 2.22. The molecule has 0 atom stereocenters. The van der Waals surface area contributed by atoms with E-state index in [1.54, 1.807) is 24.5 Å². The van der Waals surface area contributed by atoms with Crippen LogP contribution in [0.15, 0.2) is 66.0 Å². The largest absolute Gasteiger partial charge is 0.324 e. The van der Waals surface area contributed by atoms with Crippen LogP contribution in [0.1, 0.15) is 5.56 Å². The highest BCUT2D eigenvalue weighted by Crippen LogP contribution is 2.15. The molecular weight excluding hydrogens is 304 g/mol. The van der Waals surface area contributed by atoms with Crippen LogP contribution in [-0.4, -0.2) is 20.4 Å². The van der Waals surface area contributed by atoms with E-state index >= 15 is 0 Å². The van der Waals surface area contributed by atoms with Gasteiger partial charge in [0.15, 0.2) is 0 Å². The fraction of sp³-hybridized carbons (Fsp3) is 0.111. The van der Waals surface area contributed by atoms with E-state index in [4.69, 9.17) is 0 Å². The summed E-state index contributed by atoms with van der Waals surface area (Å²) in [6, 6.07) is 12.5. The van der Waals surface area contributed by atoms with Crippen molar-refractivity contribution in [1.82, 2.24) is 14.5 Å². The second kappa shape index (κ2) is 6.87. The summed E-state index contributed by atoms with van der Waals surface area (Å²) in [5.74, 6) is -0.298. The fourth-order valence-electron chi connectivity index (χ4n) is 2.22. The van der Waals surface area contributed by atoms with Gasteiger partial charge in [0.25, 0.3) is 5.56 Å². The Bertz CT molecular complexity index is 902. The van der Waals surface area contributed by atoms with Crippen molar-refractivity contribution in [2.24, 2.45) is 0 Å². The van der Waals surface area contributed by atoms with Gasteiger partial charge in [0, 0.05) is 29.7 Å². The van der Waals surface area contributed by atoms with Gasteiger partial charge in [0.2, 0.25) is 5.91 Å². The van der Waals surface area contributed by atoms with Crippen LogP contribution in [-0.2, 0) is 11.3 Å². The van der Waals surface area contributed by atoms with Crippen molar-refractivity contribution < 1.29 is 4.79 Å². The maximum atomic E-state index is 12.2. The lowest BCUT2D eigenvalue weighted by molar-refractivity contribution is -0.116. The lowest BCUT2D eigenvalue weighted by Gasteiger charge is -2.08. The summed E-state index contributed by atoms with van der Waals surface area (Å²) in [7, 11) is 0. The zero-order valence-corrected chi connectivity index (χ0v) is 13.1. The highest BCUT2D eigenvalue weighted by atomic mass is 16.2. The van der Waals surface area contributed by atoms with E-state index in [1.165, 1.54) is 17.0 Å². The van der Waals surface area contributed by atoms with Crippen LogP contribution in [0.2, 0.25) is 0 Å². The van der Waals surface area contributed by atoms with E-state index in [0.29, 0.717) is 11.4 Å². The van der Waals surface area contributed by atoms with E-state index in [-0.39, 0.29) is 18.0 Å². The molecule has 3 aromatic rings. The van der Waals surface area contributed by atoms with Crippen LogP contribution in [0, 0.1) is 6.92 Å². The van der Waals surface area contributed by atoms with Crippen molar-refractivity contribution in [2.75, 3.05) is 5.32 Å². The Labute approximate surface area is 138 Å². The minimum absolute atomic E-state index is 0.0949. The molecule has 0 saturated carbocycles. The molecule has 2 heterocycles. The molecule has 0 fully saturated rings. The number of anilines is 1. The molecule has 0 spiro atoms. The lowest BCUT2D eigenvalue weighted by Crippen LogP contribution is -2.27. The molecule has 6 heteroatoms. The van der Waals surface area contributed by atoms with Gasteiger partial charge in [0.05, 0.1) is 12.0 Å². The smallest absolute Gasteiger partial charge is 0.254 e. The molecule has 1 amide bonds. The molecular formula is C18H16N4O2. The highest BCUT2D eigenvalue weighted by Gasteiger charge is 2.07. The van der Waals surface area contributed by atoms with Crippen LogP contribution in [0.3, 0.4) is 0 Å². The Kier molecular flexibility index (Phi) is 4.47. The van der Waals surface area contributed by atoms with Gasteiger partial charge in [-0.2, -0.15) is 0 Å². The van der Waals surface area contributed by atoms with E-state index in [9.17, 15) is 9.59 Å². The Morgan fingerprint density at radius 1 is 1.12 bits per heavy atom. The van der Waals surface area contributed by atoms with Gasteiger partial charge in [0.1, 0.15) is 6.54 Å². The molecule has 1 aromatic carbocycles. The lowest BCUT2D eigenvalue weighted by atomic mass is 10.1. The maximum absolute atomic E-state index is 12.2. The van der Waals surface area contributed by atoms with Crippen molar-refractivity contribution >= 4 is 11.6 Å². The summed E-state index contributed by atoms with van der Waals surface area (Å²) in [5.41, 5.74) is 2.95. The van der Waals surface area contributed by atoms with Crippen LogP contribution < -0.4 is 10.9 Å². The van der Waals surface area contributed by atoms with E-state index < -0.39 is 0 Å². The summed E-state index contributed by atoms with van der Waals surface area (Å²) >= 11 is 0. The number of nitrogens with one attached hydrogen (secondary N) is 1. The number of carbonyl (C=O) groups excluding carboxylic acids is 1. The van der Waals surface area contributed by atoms with Crippen LogP contribution in [0.25, 0.3) is 11.3 Å². The normalized spacial score (nSPS) is 10.4. The Morgan fingerprint density at radius 3 is 2.50 bits per heavy atom. The summed E-state index contributed by atoms with van der Waals surface area (Å²) in [5, 5.41) is 2.70. The number of pyridine rings is 1. The van der Waals surface area contributed by atoms with Crippen LogP contribution >= 0.6 is 0 Å². The van der Waals surface area contributed by atoms with Crippen molar-refractivity contribution in [3.63, 3.8) is 0 Å². The number of benzene rings is 1. The highest BCUT2D eigenvalue weighted by molar-refractivity contribution is 5.90. The molecule has 24 heavy (non-hydrogen) atoms. The molecule has 3 rings (SSSR count). The zero-order chi connectivity index (χ0) is 16.9. The molecule has 6 nitrogen and oxygen atoms in total.